The second kappa shape index (κ2) is 7.65. The molecule has 4 rings (SSSR count). The average molecular weight is 442 g/mol. The molecular formula is C23H26N2O7. The highest BCUT2D eigenvalue weighted by atomic mass is 16.7. The van der Waals surface area contributed by atoms with Gasteiger partial charge in [-0.1, -0.05) is 20.4 Å². The molecule has 1 aliphatic carbocycles. The average Bonchev–Trinajstić information content (AvgIpc) is 3.11. The van der Waals surface area contributed by atoms with Crippen molar-refractivity contribution in [2.24, 2.45) is 11.3 Å². The van der Waals surface area contributed by atoms with Gasteiger partial charge in [0.15, 0.2) is 17.3 Å². The molecule has 0 saturated heterocycles. The van der Waals surface area contributed by atoms with Crippen molar-refractivity contribution in [1.82, 2.24) is 5.32 Å². The van der Waals surface area contributed by atoms with Crippen LogP contribution in [0.3, 0.4) is 0 Å². The zero-order valence-corrected chi connectivity index (χ0v) is 18.5. The lowest BCUT2D eigenvalue weighted by molar-refractivity contribution is -0.385. The van der Waals surface area contributed by atoms with Gasteiger partial charge >= 0.3 is 5.97 Å². The molecule has 0 fully saturated rings. The third-order valence-corrected chi connectivity index (χ3v) is 5.91. The van der Waals surface area contributed by atoms with Crippen molar-refractivity contribution in [3.63, 3.8) is 0 Å². The van der Waals surface area contributed by atoms with Gasteiger partial charge in [0.05, 0.1) is 17.1 Å². The van der Waals surface area contributed by atoms with E-state index in [9.17, 15) is 19.7 Å². The van der Waals surface area contributed by atoms with Gasteiger partial charge in [-0.15, -0.1) is 0 Å². The largest absolute Gasteiger partial charge is 0.462 e. The number of esters is 1. The van der Waals surface area contributed by atoms with Crippen molar-refractivity contribution in [3.8, 4) is 11.5 Å². The van der Waals surface area contributed by atoms with Crippen LogP contribution in [0.15, 0.2) is 35.7 Å². The second-order valence-electron chi connectivity index (χ2n) is 9.45. The molecule has 2 aliphatic heterocycles. The van der Waals surface area contributed by atoms with Gasteiger partial charge < -0.3 is 19.5 Å². The first-order chi connectivity index (χ1) is 15.0. The summed E-state index contributed by atoms with van der Waals surface area (Å²) in [4.78, 5) is 37.9. The Kier molecular flexibility index (Phi) is 5.22. The number of fused-ring (bicyclic) bond motifs is 1. The molecule has 2 heterocycles. The fraction of sp³-hybridized carbons (Fsp3) is 0.478. The number of hydrogen-bond donors (Lipinski definition) is 1. The first-order valence-corrected chi connectivity index (χ1v) is 10.5. The monoisotopic (exact) mass is 442 g/mol. The molecule has 0 radical (unpaired) electrons. The molecule has 9 nitrogen and oxygen atoms in total. The van der Waals surface area contributed by atoms with Crippen LogP contribution in [0.25, 0.3) is 0 Å². The summed E-state index contributed by atoms with van der Waals surface area (Å²) in [5.74, 6) is -2.12. The van der Waals surface area contributed by atoms with Crippen LogP contribution in [0.1, 0.15) is 52.0 Å². The number of rotatable bonds is 4. The minimum atomic E-state index is -1.01. The molecule has 9 heteroatoms. The van der Waals surface area contributed by atoms with Gasteiger partial charge in [-0.25, -0.2) is 0 Å². The van der Waals surface area contributed by atoms with Gasteiger partial charge in [0, 0.05) is 34.9 Å². The van der Waals surface area contributed by atoms with Crippen LogP contribution in [0.5, 0.6) is 11.5 Å². The van der Waals surface area contributed by atoms with Crippen LogP contribution in [-0.4, -0.2) is 29.6 Å². The van der Waals surface area contributed by atoms with E-state index in [1.165, 1.54) is 12.1 Å². The Balaban J connectivity index is 1.95. The highest BCUT2D eigenvalue weighted by molar-refractivity contribution is 6.01. The first-order valence-electron chi connectivity index (χ1n) is 10.5. The number of nitro benzene ring substituents is 1. The van der Waals surface area contributed by atoms with E-state index in [1.54, 1.807) is 13.8 Å². The van der Waals surface area contributed by atoms with Crippen LogP contribution in [-0.2, 0) is 14.3 Å². The molecule has 0 saturated carbocycles. The van der Waals surface area contributed by atoms with Gasteiger partial charge in [0.2, 0.25) is 6.79 Å². The molecule has 2 atom stereocenters. The van der Waals surface area contributed by atoms with Crippen LogP contribution in [0.2, 0.25) is 0 Å². The highest BCUT2D eigenvalue weighted by Crippen LogP contribution is 2.52. The van der Waals surface area contributed by atoms with E-state index in [-0.39, 0.29) is 41.4 Å². The number of nitrogens with one attached hydrogen (secondary N) is 1. The standard InChI is InChI=1S/C23H26N2O7/c1-11(2)32-22(27)19-12(3)24-14-8-23(4,5)9-16(26)21(14)20(19)13-6-17-18(31-10-30-17)7-15(13)25(28)29/h6-7,11,19-20,24H,3,8-10H2,1-2,4-5H3. The number of nitro groups is 1. The second-order valence-corrected chi connectivity index (χ2v) is 9.45. The molecule has 2 unspecified atom stereocenters. The lowest BCUT2D eigenvalue weighted by Gasteiger charge is -2.42. The van der Waals surface area contributed by atoms with Crippen LogP contribution in [0.4, 0.5) is 5.69 Å². The van der Waals surface area contributed by atoms with Crippen molar-refractivity contribution in [3.05, 3.63) is 51.4 Å². The molecule has 1 N–H and O–H groups in total. The Morgan fingerprint density at radius 3 is 2.56 bits per heavy atom. The Hall–Kier alpha value is -3.36. The maximum absolute atomic E-state index is 13.3. The van der Waals surface area contributed by atoms with E-state index in [0.29, 0.717) is 29.1 Å². The number of allylic oxidation sites excluding steroid dienone is 2. The summed E-state index contributed by atoms with van der Waals surface area (Å²) in [6.07, 6.45) is 0.411. The predicted octanol–water partition coefficient (Wildman–Crippen LogP) is 3.74. The summed E-state index contributed by atoms with van der Waals surface area (Å²) < 4.78 is 16.2. The van der Waals surface area contributed by atoms with E-state index < -0.39 is 28.8 Å². The number of benzene rings is 1. The van der Waals surface area contributed by atoms with Crippen molar-refractivity contribution < 1.29 is 28.7 Å². The number of Topliss-reactive ketones (excluding diaryl/α,β-unsaturated/α-hetero) is 1. The number of ether oxygens (including phenoxy) is 3. The first kappa shape index (κ1) is 21.9. The third kappa shape index (κ3) is 3.72. The molecule has 1 aromatic rings. The van der Waals surface area contributed by atoms with Crippen molar-refractivity contribution >= 4 is 17.4 Å². The minimum Gasteiger partial charge on any atom is -0.462 e. The Bertz CT molecular complexity index is 1070. The van der Waals surface area contributed by atoms with Gasteiger partial charge in [0.25, 0.3) is 5.69 Å². The normalized spacial score (nSPS) is 23.7. The Morgan fingerprint density at radius 1 is 1.28 bits per heavy atom. The van der Waals surface area contributed by atoms with Gasteiger partial charge in [0.1, 0.15) is 5.92 Å². The molecule has 0 spiro atoms. The van der Waals surface area contributed by atoms with Crippen molar-refractivity contribution in [2.45, 2.75) is 52.6 Å². The number of carbonyl (C=O) groups excluding carboxylic acids is 2. The molecule has 170 valence electrons. The van der Waals surface area contributed by atoms with E-state index in [1.807, 2.05) is 13.8 Å². The van der Waals surface area contributed by atoms with E-state index in [2.05, 4.69) is 11.9 Å². The fourth-order valence-electron chi connectivity index (χ4n) is 4.72. The quantitative estimate of drug-likeness (QED) is 0.426. The highest BCUT2D eigenvalue weighted by Gasteiger charge is 2.49. The summed E-state index contributed by atoms with van der Waals surface area (Å²) >= 11 is 0. The molecule has 1 aromatic carbocycles. The number of hydrogen-bond acceptors (Lipinski definition) is 8. The summed E-state index contributed by atoms with van der Waals surface area (Å²) in [6.45, 7) is 11.4. The van der Waals surface area contributed by atoms with Gasteiger partial charge in [-0.05, 0) is 31.7 Å². The summed E-state index contributed by atoms with van der Waals surface area (Å²) in [5.41, 5.74) is 1.01. The molecule has 0 aromatic heterocycles. The van der Waals surface area contributed by atoms with E-state index >= 15 is 0 Å². The number of carbonyl (C=O) groups is 2. The van der Waals surface area contributed by atoms with E-state index in [0.717, 1.165) is 0 Å². The lowest BCUT2D eigenvalue weighted by atomic mass is 9.66. The topological polar surface area (TPSA) is 117 Å². The lowest BCUT2D eigenvalue weighted by Crippen LogP contribution is -2.44. The van der Waals surface area contributed by atoms with Crippen molar-refractivity contribution in [2.75, 3.05) is 6.79 Å². The smallest absolute Gasteiger partial charge is 0.316 e. The van der Waals surface area contributed by atoms with Crippen LogP contribution >= 0.6 is 0 Å². The minimum absolute atomic E-state index is 0.0608. The van der Waals surface area contributed by atoms with Crippen LogP contribution < -0.4 is 14.8 Å². The third-order valence-electron chi connectivity index (χ3n) is 5.91. The number of ketones is 1. The Morgan fingerprint density at radius 2 is 1.94 bits per heavy atom. The fourth-order valence-corrected chi connectivity index (χ4v) is 4.72. The van der Waals surface area contributed by atoms with Crippen molar-refractivity contribution in [1.29, 1.82) is 0 Å². The van der Waals surface area contributed by atoms with Gasteiger partial charge in [-0.2, -0.15) is 0 Å². The summed E-state index contributed by atoms with van der Waals surface area (Å²) in [5, 5.41) is 15.1. The van der Waals surface area contributed by atoms with E-state index in [4.69, 9.17) is 14.2 Å². The Labute approximate surface area is 185 Å². The molecule has 3 aliphatic rings. The SMILES string of the molecule is C=C1NC2=C(C(=O)CC(C)(C)C2)C(c2cc3c(cc2[N+](=O)[O-])OCO3)C1C(=O)OC(C)C. The molecule has 0 bridgehead atoms. The zero-order valence-electron chi connectivity index (χ0n) is 18.5. The summed E-state index contributed by atoms with van der Waals surface area (Å²) in [7, 11) is 0. The molecule has 32 heavy (non-hydrogen) atoms. The zero-order chi connectivity index (χ0) is 23.4. The molecular weight excluding hydrogens is 416 g/mol. The predicted molar refractivity (Wildman–Crippen MR) is 114 cm³/mol. The molecule has 0 amide bonds. The maximum atomic E-state index is 13.3. The number of nitrogens with zero attached hydrogens (tertiary/aromatic N) is 1. The maximum Gasteiger partial charge on any atom is 0.316 e. The summed E-state index contributed by atoms with van der Waals surface area (Å²) in [6, 6.07) is 2.78. The van der Waals surface area contributed by atoms with Crippen LogP contribution in [0, 0.1) is 21.4 Å². The van der Waals surface area contributed by atoms with Gasteiger partial charge in [-0.3, -0.25) is 19.7 Å².